The molecule has 1 N–H and O–H groups in total. The quantitative estimate of drug-likeness (QED) is 0.894. The van der Waals surface area contributed by atoms with Crippen molar-refractivity contribution >= 4 is 23.4 Å². The maximum atomic E-state index is 9.37. The second-order valence-electron chi connectivity index (χ2n) is 5.38. The van der Waals surface area contributed by atoms with Crippen molar-refractivity contribution in [2.24, 2.45) is 0 Å². The molecule has 2 nitrogen and oxygen atoms in total. The van der Waals surface area contributed by atoms with Crippen LogP contribution in [0.25, 0.3) is 0 Å². The summed E-state index contributed by atoms with van der Waals surface area (Å²) in [5.74, 6) is 0.243. The molecule has 2 bridgehead atoms. The lowest BCUT2D eigenvalue weighted by molar-refractivity contribution is 0.183. The Morgan fingerprint density at radius 1 is 1.28 bits per heavy atom. The Bertz CT molecular complexity index is 439. The van der Waals surface area contributed by atoms with Gasteiger partial charge in [0.05, 0.1) is 5.02 Å². The van der Waals surface area contributed by atoms with Crippen molar-refractivity contribution in [1.82, 2.24) is 4.90 Å². The van der Waals surface area contributed by atoms with Gasteiger partial charge in [0.1, 0.15) is 5.75 Å². The lowest BCUT2D eigenvalue weighted by Crippen LogP contribution is -2.40. The molecular formula is C14H18ClNOS. The molecule has 0 aromatic heterocycles. The summed E-state index contributed by atoms with van der Waals surface area (Å²) in [6.07, 6.45) is 5.22. The van der Waals surface area contributed by atoms with Crippen molar-refractivity contribution in [3.8, 4) is 5.75 Å². The zero-order chi connectivity index (χ0) is 12.7. The molecule has 1 aromatic carbocycles. The number of benzene rings is 1. The minimum atomic E-state index is 0.243. The maximum Gasteiger partial charge on any atom is 0.117 e. The fourth-order valence-corrected chi connectivity index (χ4v) is 4.85. The van der Waals surface area contributed by atoms with E-state index in [1.165, 1.54) is 25.7 Å². The SMILES string of the molecule is CN1C2CCC1CC(Sc1ccc(O)cc1Cl)C2. The zero-order valence-electron chi connectivity index (χ0n) is 10.5. The van der Waals surface area contributed by atoms with E-state index < -0.39 is 0 Å². The van der Waals surface area contributed by atoms with Crippen molar-refractivity contribution in [2.45, 2.75) is 47.9 Å². The van der Waals surface area contributed by atoms with Crippen LogP contribution >= 0.6 is 23.4 Å². The van der Waals surface area contributed by atoms with Gasteiger partial charge in [-0.05, 0) is 50.9 Å². The highest BCUT2D eigenvalue weighted by molar-refractivity contribution is 8.00. The lowest BCUT2D eigenvalue weighted by Gasteiger charge is -2.36. The largest absolute Gasteiger partial charge is 0.508 e. The molecule has 2 aliphatic heterocycles. The first-order valence-corrected chi connectivity index (χ1v) is 7.76. The first-order valence-electron chi connectivity index (χ1n) is 6.50. The van der Waals surface area contributed by atoms with Crippen LogP contribution in [0, 0.1) is 0 Å². The van der Waals surface area contributed by atoms with Gasteiger partial charge in [-0.15, -0.1) is 11.8 Å². The molecule has 2 aliphatic rings. The number of halogens is 1. The average molecular weight is 284 g/mol. The van der Waals surface area contributed by atoms with Crippen LogP contribution in [-0.2, 0) is 0 Å². The van der Waals surface area contributed by atoms with Gasteiger partial charge in [0, 0.05) is 22.2 Å². The number of fused-ring (bicyclic) bond motifs is 2. The first kappa shape index (κ1) is 12.6. The van der Waals surface area contributed by atoms with Crippen LogP contribution in [0.3, 0.4) is 0 Å². The summed E-state index contributed by atoms with van der Waals surface area (Å²) in [7, 11) is 2.26. The Labute approximate surface area is 117 Å². The van der Waals surface area contributed by atoms with E-state index >= 15 is 0 Å². The molecule has 98 valence electrons. The number of aromatic hydroxyl groups is 1. The van der Waals surface area contributed by atoms with Gasteiger partial charge in [0.25, 0.3) is 0 Å². The number of phenols is 1. The van der Waals surface area contributed by atoms with E-state index in [0.29, 0.717) is 10.3 Å². The standard InChI is InChI=1S/C14H18ClNOS/c1-16-9-2-3-10(16)7-12(6-9)18-14-5-4-11(17)8-13(14)15/h4-5,8-10,12,17H,2-3,6-7H2,1H3. The third-order valence-electron chi connectivity index (χ3n) is 4.26. The van der Waals surface area contributed by atoms with Crippen molar-refractivity contribution in [3.05, 3.63) is 23.2 Å². The summed E-state index contributed by atoms with van der Waals surface area (Å²) < 4.78 is 0. The molecular weight excluding hydrogens is 266 g/mol. The molecule has 0 radical (unpaired) electrons. The van der Waals surface area contributed by atoms with E-state index in [4.69, 9.17) is 11.6 Å². The average Bonchev–Trinajstić information content (AvgIpc) is 2.57. The molecule has 0 spiro atoms. The summed E-state index contributed by atoms with van der Waals surface area (Å²) in [4.78, 5) is 3.65. The van der Waals surface area contributed by atoms with Crippen LogP contribution in [0.1, 0.15) is 25.7 Å². The van der Waals surface area contributed by atoms with Gasteiger partial charge in [0.15, 0.2) is 0 Å². The van der Waals surface area contributed by atoms with E-state index in [1.54, 1.807) is 12.1 Å². The highest BCUT2D eigenvalue weighted by atomic mass is 35.5. The molecule has 1 aromatic rings. The predicted octanol–water partition coefficient (Wildman–Crippen LogP) is 3.76. The second kappa shape index (κ2) is 4.95. The van der Waals surface area contributed by atoms with Crippen LogP contribution < -0.4 is 0 Å². The lowest BCUT2D eigenvalue weighted by atomic mass is 10.0. The Morgan fingerprint density at radius 3 is 2.56 bits per heavy atom. The van der Waals surface area contributed by atoms with Gasteiger partial charge in [-0.2, -0.15) is 0 Å². The van der Waals surface area contributed by atoms with Crippen LogP contribution in [0.2, 0.25) is 5.02 Å². The minimum Gasteiger partial charge on any atom is -0.508 e. The summed E-state index contributed by atoms with van der Waals surface area (Å²) in [5, 5.41) is 10.7. The van der Waals surface area contributed by atoms with E-state index in [-0.39, 0.29) is 5.75 Å². The van der Waals surface area contributed by atoms with Gasteiger partial charge in [0.2, 0.25) is 0 Å². The highest BCUT2D eigenvalue weighted by Crippen LogP contribution is 2.43. The van der Waals surface area contributed by atoms with Crippen molar-refractivity contribution in [3.63, 3.8) is 0 Å². The van der Waals surface area contributed by atoms with Gasteiger partial charge in [-0.1, -0.05) is 11.6 Å². The third-order valence-corrected chi connectivity index (χ3v) is 6.02. The monoisotopic (exact) mass is 283 g/mol. The number of nitrogens with zero attached hydrogens (tertiary/aromatic N) is 1. The number of hydrogen-bond acceptors (Lipinski definition) is 3. The van der Waals surface area contributed by atoms with E-state index in [9.17, 15) is 5.11 Å². The zero-order valence-corrected chi connectivity index (χ0v) is 12.0. The Balaban J connectivity index is 1.70. The normalized spacial score (nSPS) is 31.8. The summed E-state index contributed by atoms with van der Waals surface area (Å²) in [5.41, 5.74) is 0. The summed E-state index contributed by atoms with van der Waals surface area (Å²) in [6, 6.07) is 6.81. The van der Waals surface area contributed by atoms with Gasteiger partial charge >= 0.3 is 0 Å². The molecule has 18 heavy (non-hydrogen) atoms. The highest BCUT2D eigenvalue weighted by Gasteiger charge is 2.38. The van der Waals surface area contributed by atoms with Crippen molar-refractivity contribution in [1.29, 1.82) is 0 Å². The van der Waals surface area contributed by atoms with Crippen molar-refractivity contribution in [2.75, 3.05) is 7.05 Å². The van der Waals surface area contributed by atoms with Gasteiger partial charge in [-0.3, -0.25) is 0 Å². The van der Waals surface area contributed by atoms with Gasteiger partial charge < -0.3 is 10.0 Å². The fourth-order valence-electron chi connectivity index (χ4n) is 3.22. The molecule has 0 amide bonds. The van der Waals surface area contributed by atoms with E-state index in [1.807, 2.05) is 17.8 Å². The second-order valence-corrected chi connectivity index (χ2v) is 7.13. The van der Waals surface area contributed by atoms with Crippen LogP contribution in [0.4, 0.5) is 0 Å². The van der Waals surface area contributed by atoms with E-state index in [2.05, 4.69) is 11.9 Å². The van der Waals surface area contributed by atoms with Crippen LogP contribution in [0.5, 0.6) is 5.75 Å². The molecule has 0 aliphatic carbocycles. The van der Waals surface area contributed by atoms with Crippen molar-refractivity contribution < 1.29 is 5.11 Å². The summed E-state index contributed by atoms with van der Waals surface area (Å²) in [6.45, 7) is 0. The van der Waals surface area contributed by atoms with E-state index in [0.717, 1.165) is 17.0 Å². The maximum absolute atomic E-state index is 9.37. The Hall–Kier alpha value is -0.380. The fraction of sp³-hybridized carbons (Fsp3) is 0.571. The number of hydrogen-bond donors (Lipinski definition) is 1. The van der Waals surface area contributed by atoms with Crippen LogP contribution in [-0.4, -0.2) is 34.4 Å². The minimum absolute atomic E-state index is 0.243. The smallest absolute Gasteiger partial charge is 0.117 e. The molecule has 2 unspecified atom stereocenters. The van der Waals surface area contributed by atoms with Crippen LogP contribution in [0.15, 0.2) is 23.1 Å². The summed E-state index contributed by atoms with van der Waals surface area (Å²) >= 11 is 8.05. The Kier molecular flexibility index (Phi) is 3.48. The topological polar surface area (TPSA) is 23.5 Å². The molecule has 4 heteroatoms. The molecule has 2 atom stereocenters. The first-order chi connectivity index (χ1) is 8.63. The molecule has 2 heterocycles. The predicted molar refractivity (Wildman–Crippen MR) is 76.6 cm³/mol. The van der Waals surface area contributed by atoms with Gasteiger partial charge in [-0.25, -0.2) is 0 Å². The molecule has 2 saturated heterocycles. The number of piperidine rings is 1. The molecule has 0 saturated carbocycles. The number of phenolic OH excluding ortho intramolecular Hbond substituents is 1. The Morgan fingerprint density at radius 2 is 1.94 bits per heavy atom. The molecule has 3 rings (SSSR count). The number of thioether (sulfide) groups is 1. The third kappa shape index (κ3) is 2.36. The molecule has 2 fully saturated rings. The number of rotatable bonds is 2.